The Morgan fingerprint density at radius 3 is 2.00 bits per heavy atom. The summed E-state index contributed by atoms with van der Waals surface area (Å²) < 4.78 is 48.1. The van der Waals surface area contributed by atoms with E-state index in [1.807, 2.05) is 32.9 Å². The van der Waals surface area contributed by atoms with Gasteiger partial charge in [0.15, 0.2) is 23.0 Å². The lowest BCUT2D eigenvalue weighted by molar-refractivity contribution is 0.0588. The molecule has 0 spiro atoms. The summed E-state index contributed by atoms with van der Waals surface area (Å²) in [5, 5.41) is 0. The van der Waals surface area contributed by atoms with Crippen LogP contribution in [0.1, 0.15) is 48.3 Å². The second kappa shape index (κ2) is 13.3. The number of ether oxygens (including phenoxy) is 6. The Balaban J connectivity index is 1.75. The molecule has 0 fully saturated rings. The lowest BCUT2D eigenvalue weighted by Crippen LogP contribution is -2.42. The van der Waals surface area contributed by atoms with Crippen molar-refractivity contribution in [3.63, 3.8) is 0 Å². The minimum Gasteiger partial charge on any atom is -0.493 e. The van der Waals surface area contributed by atoms with Crippen LogP contribution in [0.15, 0.2) is 48.5 Å². The van der Waals surface area contributed by atoms with Crippen molar-refractivity contribution in [3.05, 3.63) is 71.0 Å². The van der Waals surface area contributed by atoms with Gasteiger partial charge in [-0.1, -0.05) is 0 Å². The number of carbonyl (C=O) groups is 1. The second-order valence-electron chi connectivity index (χ2n) is 9.04. The van der Waals surface area contributed by atoms with Gasteiger partial charge in [0, 0.05) is 12.1 Å². The summed E-state index contributed by atoms with van der Waals surface area (Å²) >= 11 is 0. The molecule has 1 atom stereocenters. The first kappa shape index (κ1) is 28.9. The Labute approximate surface area is 234 Å². The van der Waals surface area contributed by atoms with E-state index in [9.17, 15) is 9.18 Å². The number of amides is 1. The molecule has 9 heteroatoms. The monoisotopic (exact) mass is 553 g/mol. The molecular formula is C31H36FNO7. The number of nitrogens with zero attached hydrogens (tertiary/aromatic N) is 1. The van der Waals surface area contributed by atoms with Crippen LogP contribution in [0.4, 0.5) is 4.39 Å². The van der Waals surface area contributed by atoms with E-state index in [0.29, 0.717) is 72.8 Å². The first-order valence-electron chi connectivity index (χ1n) is 13.4. The molecule has 214 valence electrons. The Hall–Kier alpha value is -4.14. The molecule has 3 aromatic rings. The van der Waals surface area contributed by atoms with Gasteiger partial charge in [0.05, 0.1) is 40.1 Å². The van der Waals surface area contributed by atoms with E-state index >= 15 is 0 Å². The van der Waals surface area contributed by atoms with Crippen LogP contribution in [-0.2, 0) is 6.42 Å². The van der Waals surface area contributed by atoms with Crippen molar-refractivity contribution in [1.29, 1.82) is 0 Å². The molecule has 0 bridgehead atoms. The number of hydrogen-bond donors (Lipinski definition) is 0. The van der Waals surface area contributed by atoms with Gasteiger partial charge in [-0.15, -0.1) is 0 Å². The lowest BCUT2D eigenvalue weighted by Gasteiger charge is -2.38. The van der Waals surface area contributed by atoms with E-state index in [4.69, 9.17) is 28.4 Å². The topological polar surface area (TPSA) is 75.7 Å². The Morgan fingerprint density at radius 2 is 1.43 bits per heavy atom. The van der Waals surface area contributed by atoms with Crippen LogP contribution in [0, 0.1) is 5.82 Å². The van der Waals surface area contributed by atoms with Gasteiger partial charge in [-0.05, 0) is 86.8 Å². The zero-order valence-corrected chi connectivity index (χ0v) is 23.6. The third-order valence-corrected chi connectivity index (χ3v) is 6.64. The smallest absolute Gasteiger partial charge is 0.254 e. The highest BCUT2D eigenvalue weighted by Gasteiger charge is 2.34. The molecule has 40 heavy (non-hydrogen) atoms. The van der Waals surface area contributed by atoms with Gasteiger partial charge in [0.2, 0.25) is 5.75 Å². The molecule has 3 aromatic carbocycles. The third kappa shape index (κ3) is 6.19. The molecule has 8 nitrogen and oxygen atoms in total. The fourth-order valence-corrected chi connectivity index (χ4v) is 4.83. The maximum Gasteiger partial charge on any atom is 0.254 e. The number of benzene rings is 3. The maximum atomic E-state index is 14.1. The molecule has 0 N–H and O–H groups in total. The predicted molar refractivity (Wildman–Crippen MR) is 149 cm³/mol. The Bertz CT molecular complexity index is 1280. The van der Waals surface area contributed by atoms with Crippen molar-refractivity contribution in [2.24, 2.45) is 0 Å². The van der Waals surface area contributed by atoms with Gasteiger partial charge in [0.1, 0.15) is 18.2 Å². The number of halogens is 1. The second-order valence-corrected chi connectivity index (χ2v) is 9.04. The fourth-order valence-electron chi connectivity index (χ4n) is 4.83. The molecular weight excluding hydrogens is 517 g/mol. The van der Waals surface area contributed by atoms with Gasteiger partial charge in [0.25, 0.3) is 5.91 Å². The average Bonchev–Trinajstić information content (AvgIpc) is 2.97. The quantitative estimate of drug-likeness (QED) is 0.278. The van der Waals surface area contributed by atoms with Crippen LogP contribution >= 0.6 is 0 Å². The zero-order valence-electron chi connectivity index (χ0n) is 23.6. The highest BCUT2D eigenvalue weighted by molar-refractivity contribution is 5.96. The summed E-state index contributed by atoms with van der Waals surface area (Å²) in [5.41, 5.74) is 2.33. The van der Waals surface area contributed by atoms with E-state index in [1.54, 1.807) is 43.4 Å². The third-order valence-electron chi connectivity index (χ3n) is 6.64. The summed E-state index contributed by atoms with van der Waals surface area (Å²) in [7, 11) is 3.17. The molecule has 0 aromatic heterocycles. The van der Waals surface area contributed by atoms with Gasteiger partial charge >= 0.3 is 0 Å². The molecule has 1 heterocycles. The average molecular weight is 554 g/mol. The predicted octanol–water partition coefficient (Wildman–Crippen LogP) is 5.86. The van der Waals surface area contributed by atoms with E-state index in [-0.39, 0.29) is 18.3 Å². The molecule has 0 unspecified atom stereocenters. The maximum absolute atomic E-state index is 14.1. The van der Waals surface area contributed by atoms with Crippen LogP contribution < -0.4 is 28.4 Å². The van der Waals surface area contributed by atoms with Crippen molar-refractivity contribution in [3.8, 4) is 34.5 Å². The summed E-state index contributed by atoms with van der Waals surface area (Å²) in [6.07, 6.45) is 0.613. The summed E-state index contributed by atoms with van der Waals surface area (Å²) in [6.45, 7) is 7.43. The summed E-state index contributed by atoms with van der Waals surface area (Å²) in [4.78, 5) is 15.9. The normalized spacial score (nSPS) is 14.2. The van der Waals surface area contributed by atoms with Crippen molar-refractivity contribution in [2.75, 3.05) is 47.2 Å². The first-order chi connectivity index (χ1) is 19.4. The highest BCUT2D eigenvalue weighted by atomic mass is 19.1. The summed E-state index contributed by atoms with van der Waals surface area (Å²) in [5.74, 6) is 2.48. The van der Waals surface area contributed by atoms with Gasteiger partial charge in [-0.25, -0.2) is 4.39 Å². The molecule has 1 aliphatic heterocycles. The fraction of sp³-hybridized carbons (Fsp3) is 0.387. The molecule has 0 saturated carbocycles. The van der Waals surface area contributed by atoms with Crippen LogP contribution in [0.2, 0.25) is 0 Å². The van der Waals surface area contributed by atoms with E-state index < -0.39 is 6.04 Å². The zero-order chi connectivity index (χ0) is 28.6. The van der Waals surface area contributed by atoms with Gasteiger partial charge < -0.3 is 33.3 Å². The molecule has 0 radical (unpaired) electrons. The van der Waals surface area contributed by atoms with Crippen molar-refractivity contribution in [1.82, 2.24) is 4.90 Å². The van der Waals surface area contributed by atoms with Crippen LogP contribution in [0.5, 0.6) is 34.5 Å². The van der Waals surface area contributed by atoms with Crippen LogP contribution in [-0.4, -0.2) is 58.0 Å². The standard InChI is InChI=1S/C31H36FNO7/c1-6-37-28-16-21(17-29(38-7-2)30(28)39-8-3)31(34)33-14-13-20-15-26(35-4)27(36-5)18-24(20)25(33)19-40-23-11-9-22(32)10-12-23/h9-12,15-18,25H,6-8,13-14,19H2,1-5H3/t25-/m1/s1. The minimum atomic E-state index is -0.459. The van der Waals surface area contributed by atoms with E-state index in [0.717, 1.165) is 11.1 Å². The first-order valence-corrected chi connectivity index (χ1v) is 13.4. The Kier molecular flexibility index (Phi) is 9.58. The van der Waals surface area contributed by atoms with Crippen LogP contribution in [0.25, 0.3) is 0 Å². The lowest BCUT2D eigenvalue weighted by atomic mass is 9.91. The largest absolute Gasteiger partial charge is 0.493 e. The SMILES string of the molecule is CCOc1cc(C(=O)N2CCc3cc(OC)c(OC)cc3[C@H]2COc2ccc(F)cc2)cc(OCC)c1OCC. The highest BCUT2D eigenvalue weighted by Crippen LogP contribution is 2.42. The number of methoxy groups -OCH3 is 2. The van der Waals surface area contributed by atoms with Crippen molar-refractivity contribution in [2.45, 2.75) is 33.2 Å². The number of fused-ring (bicyclic) bond motifs is 1. The molecule has 1 aliphatic rings. The summed E-state index contributed by atoms with van der Waals surface area (Å²) in [6, 6.07) is 12.6. The van der Waals surface area contributed by atoms with Gasteiger partial charge in [-0.2, -0.15) is 0 Å². The van der Waals surface area contributed by atoms with Crippen LogP contribution in [0.3, 0.4) is 0 Å². The minimum absolute atomic E-state index is 0.146. The van der Waals surface area contributed by atoms with E-state index in [1.165, 1.54) is 12.1 Å². The molecule has 4 rings (SSSR count). The van der Waals surface area contributed by atoms with Gasteiger partial charge in [-0.3, -0.25) is 4.79 Å². The molecule has 1 amide bonds. The number of carbonyl (C=O) groups excluding carboxylic acids is 1. The molecule has 0 saturated heterocycles. The van der Waals surface area contributed by atoms with Crippen molar-refractivity contribution >= 4 is 5.91 Å². The van der Waals surface area contributed by atoms with Crippen molar-refractivity contribution < 1.29 is 37.6 Å². The number of hydrogen-bond acceptors (Lipinski definition) is 7. The van der Waals surface area contributed by atoms with E-state index in [2.05, 4.69) is 0 Å². The number of rotatable bonds is 12. The Morgan fingerprint density at radius 1 is 0.825 bits per heavy atom. The molecule has 0 aliphatic carbocycles.